The maximum Gasteiger partial charge on any atom is 0.226 e. The number of hydrogen-bond acceptors (Lipinski definition) is 2. The Kier molecular flexibility index (Phi) is 3.03. The van der Waals surface area contributed by atoms with Crippen LogP contribution >= 0.6 is 0 Å². The molecule has 2 saturated carbocycles. The van der Waals surface area contributed by atoms with Gasteiger partial charge in [0.25, 0.3) is 0 Å². The number of carbonyl (C=O) groups excluding carboxylic acids is 1. The summed E-state index contributed by atoms with van der Waals surface area (Å²) in [4.78, 5) is 17.2. The first-order chi connectivity index (χ1) is 9.83. The van der Waals surface area contributed by atoms with Crippen LogP contribution in [0.5, 0.6) is 0 Å². The van der Waals surface area contributed by atoms with Crippen LogP contribution in [0.1, 0.15) is 30.7 Å². The lowest BCUT2D eigenvalue weighted by Crippen LogP contribution is -2.49. The first-order valence-corrected chi connectivity index (χ1v) is 7.91. The van der Waals surface area contributed by atoms with Crippen LogP contribution in [0.15, 0.2) is 30.3 Å². The van der Waals surface area contributed by atoms with E-state index in [0.717, 1.165) is 38.6 Å². The van der Waals surface area contributed by atoms with Gasteiger partial charge in [0.15, 0.2) is 0 Å². The predicted octanol–water partition coefficient (Wildman–Crippen LogP) is 2.10. The zero-order valence-electron chi connectivity index (χ0n) is 11.9. The first kappa shape index (κ1) is 12.4. The number of piperazine rings is 1. The van der Waals surface area contributed by atoms with Gasteiger partial charge in [-0.25, -0.2) is 0 Å². The highest BCUT2D eigenvalue weighted by atomic mass is 16.2. The molecule has 3 nitrogen and oxygen atoms in total. The Labute approximate surface area is 120 Å². The van der Waals surface area contributed by atoms with Crippen LogP contribution in [0.25, 0.3) is 0 Å². The number of benzene rings is 1. The molecule has 3 heteroatoms. The molecule has 1 amide bonds. The molecule has 1 aromatic carbocycles. The molecule has 4 rings (SSSR count). The minimum Gasteiger partial charge on any atom is -0.340 e. The van der Waals surface area contributed by atoms with Crippen LogP contribution in [0, 0.1) is 5.92 Å². The van der Waals surface area contributed by atoms with Gasteiger partial charge in [-0.15, -0.1) is 0 Å². The van der Waals surface area contributed by atoms with E-state index in [0.29, 0.717) is 11.8 Å². The second-order valence-corrected chi connectivity index (χ2v) is 6.45. The van der Waals surface area contributed by atoms with Gasteiger partial charge in [0, 0.05) is 38.1 Å². The molecular formula is C17H22N2O. The van der Waals surface area contributed by atoms with Crippen LogP contribution in [0.3, 0.4) is 0 Å². The van der Waals surface area contributed by atoms with Crippen molar-refractivity contribution >= 4 is 5.91 Å². The number of amides is 1. The molecule has 1 aromatic rings. The average molecular weight is 270 g/mol. The minimum absolute atomic E-state index is 0.255. The SMILES string of the molecule is O=C([C@H]1CC1c1ccccc1)N1CCN(C2CC2)CC1. The Hall–Kier alpha value is -1.35. The molecule has 106 valence electrons. The standard InChI is InChI=1S/C17H22N2O/c20-17(16-12-15(16)13-4-2-1-3-5-13)19-10-8-18(9-11-19)14-6-7-14/h1-5,14-16H,6-12H2/t15?,16-/m0/s1. The summed E-state index contributed by atoms with van der Waals surface area (Å²) in [6.07, 6.45) is 3.78. The Balaban J connectivity index is 1.33. The summed E-state index contributed by atoms with van der Waals surface area (Å²) in [6, 6.07) is 11.3. The Morgan fingerprint density at radius 3 is 2.35 bits per heavy atom. The van der Waals surface area contributed by atoms with Gasteiger partial charge in [-0.1, -0.05) is 30.3 Å². The lowest BCUT2D eigenvalue weighted by Gasteiger charge is -2.35. The van der Waals surface area contributed by atoms with Crippen LogP contribution in [-0.4, -0.2) is 47.9 Å². The van der Waals surface area contributed by atoms with E-state index in [-0.39, 0.29) is 5.92 Å². The largest absolute Gasteiger partial charge is 0.340 e. The van der Waals surface area contributed by atoms with E-state index >= 15 is 0 Å². The Morgan fingerprint density at radius 1 is 1.00 bits per heavy atom. The molecule has 2 aliphatic carbocycles. The van der Waals surface area contributed by atoms with Crippen molar-refractivity contribution in [2.45, 2.75) is 31.2 Å². The third-order valence-corrected chi connectivity index (χ3v) is 5.02. The number of nitrogens with zero attached hydrogens (tertiary/aromatic N) is 2. The molecule has 3 fully saturated rings. The topological polar surface area (TPSA) is 23.6 Å². The van der Waals surface area contributed by atoms with E-state index in [4.69, 9.17) is 0 Å². The summed E-state index contributed by atoms with van der Waals surface area (Å²) in [5.74, 6) is 1.13. The van der Waals surface area contributed by atoms with Gasteiger partial charge in [-0.2, -0.15) is 0 Å². The van der Waals surface area contributed by atoms with Crippen molar-refractivity contribution in [1.82, 2.24) is 9.80 Å². The minimum atomic E-state index is 0.255. The second kappa shape index (κ2) is 4.88. The molecule has 1 heterocycles. The smallest absolute Gasteiger partial charge is 0.226 e. The summed E-state index contributed by atoms with van der Waals surface area (Å²) in [7, 11) is 0. The monoisotopic (exact) mass is 270 g/mol. The molecule has 20 heavy (non-hydrogen) atoms. The fourth-order valence-corrected chi connectivity index (χ4v) is 3.52. The highest BCUT2D eigenvalue weighted by molar-refractivity contribution is 5.83. The van der Waals surface area contributed by atoms with Crippen molar-refractivity contribution < 1.29 is 4.79 Å². The van der Waals surface area contributed by atoms with Crippen molar-refractivity contribution in [2.75, 3.05) is 26.2 Å². The van der Waals surface area contributed by atoms with Gasteiger partial charge >= 0.3 is 0 Å². The van der Waals surface area contributed by atoms with E-state index in [1.54, 1.807) is 0 Å². The third-order valence-electron chi connectivity index (χ3n) is 5.02. The van der Waals surface area contributed by atoms with Gasteiger partial charge in [-0.3, -0.25) is 9.69 Å². The molecule has 0 spiro atoms. The maximum atomic E-state index is 12.5. The lowest BCUT2D eigenvalue weighted by molar-refractivity contribution is -0.134. The molecule has 2 atom stereocenters. The predicted molar refractivity (Wildman–Crippen MR) is 78.5 cm³/mol. The van der Waals surface area contributed by atoms with E-state index in [1.165, 1.54) is 18.4 Å². The zero-order chi connectivity index (χ0) is 13.5. The normalized spacial score (nSPS) is 30.3. The van der Waals surface area contributed by atoms with Crippen molar-refractivity contribution in [2.24, 2.45) is 5.92 Å². The molecule has 3 aliphatic rings. The molecule has 0 bridgehead atoms. The summed E-state index contributed by atoms with van der Waals surface area (Å²) < 4.78 is 0. The van der Waals surface area contributed by atoms with E-state index < -0.39 is 0 Å². The lowest BCUT2D eigenvalue weighted by atomic mass is 10.1. The average Bonchev–Trinajstić information content (AvgIpc) is 3.41. The zero-order valence-corrected chi connectivity index (χ0v) is 11.9. The van der Waals surface area contributed by atoms with Crippen LogP contribution in [0.2, 0.25) is 0 Å². The summed E-state index contributed by atoms with van der Waals surface area (Å²) >= 11 is 0. The molecular weight excluding hydrogens is 248 g/mol. The Bertz CT molecular complexity index is 489. The van der Waals surface area contributed by atoms with Crippen LogP contribution < -0.4 is 0 Å². The summed E-state index contributed by atoms with van der Waals surface area (Å²) in [5, 5.41) is 0. The van der Waals surface area contributed by atoms with E-state index in [1.807, 2.05) is 6.07 Å². The highest BCUT2D eigenvalue weighted by Crippen LogP contribution is 2.48. The molecule has 0 N–H and O–H groups in total. The quantitative estimate of drug-likeness (QED) is 0.840. The van der Waals surface area contributed by atoms with Crippen molar-refractivity contribution in [3.05, 3.63) is 35.9 Å². The fourth-order valence-electron chi connectivity index (χ4n) is 3.52. The maximum absolute atomic E-state index is 12.5. The second-order valence-electron chi connectivity index (χ2n) is 6.45. The molecule has 1 saturated heterocycles. The number of hydrogen-bond donors (Lipinski definition) is 0. The highest BCUT2D eigenvalue weighted by Gasteiger charge is 2.46. The third kappa shape index (κ3) is 2.35. The van der Waals surface area contributed by atoms with Gasteiger partial charge in [0.1, 0.15) is 0 Å². The van der Waals surface area contributed by atoms with Gasteiger partial charge < -0.3 is 4.90 Å². The summed E-state index contributed by atoms with van der Waals surface area (Å²) in [6.45, 7) is 4.04. The number of carbonyl (C=O) groups is 1. The van der Waals surface area contributed by atoms with Crippen molar-refractivity contribution in [3.8, 4) is 0 Å². The summed E-state index contributed by atoms with van der Waals surface area (Å²) in [5.41, 5.74) is 1.34. The van der Waals surface area contributed by atoms with Gasteiger partial charge in [0.05, 0.1) is 0 Å². The van der Waals surface area contributed by atoms with E-state index in [9.17, 15) is 4.79 Å². The molecule has 1 unspecified atom stereocenters. The first-order valence-electron chi connectivity index (χ1n) is 7.91. The van der Waals surface area contributed by atoms with Crippen molar-refractivity contribution in [1.29, 1.82) is 0 Å². The Morgan fingerprint density at radius 2 is 1.70 bits per heavy atom. The molecule has 0 aromatic heterocycles. The van der Waals surface area contributed by atoms with Gasteiger partial charge in [-0.05, 0) is 30.7 Å². The molecule has 0 radical (unpaired) electrons. The van der Waals surface area contributed by atoms with Crippen LogP contribution in [-0.2, 0) is 4.79 Å². The van der Waals surface area contributed by atoms with Crippen molar-refractivity contribution in [3.63, 3.8) is 0 Å². The fraction of sp³-hybridized carbons (Fsp3) is 0.588. The van der Waals surface area contributed by atoms with E-state index in [2.05, 4.69) is 34.1 Å². The number of rotatable bonds is 3. The van der Waals surface area contributed by atoms with Crippen LogP contribution in [0.4, 0.5) is 0 Å². The molecule has 1 aliphatic heterocycles. The van der Waals surface area contributed by atoms with Gasteiger partial charge in [0.2, 0.25) is 5.91 Å².